The fourth-order valence-corrected chi connectivity index (χ4v) is 2.06. The van der Waals surface area contributed by atoms with Gasteiger partial charge in [0.05, 0.1) is 10.6 Å². The quantitative estimate of drug-likeness (QED) is 0.889. The van der Waals surface area contributed by atoms with Crippen LogP contribution in [0.25, 0.3) is 0 Å². The number of hydrogen-bond donors (Lipinski definition) is 2. The monoisotopic (exact) mass is 306 g/mol. The van der Waals surface area contributed by atoms with Crippen LogP contribution in [0.1, 0.15) is 22.8 Å². The Morgan fingerprint density at radius 2 is 1.90 bits per heavy atom. The van der Waals surface area contributed by atoms with Crippen molar-refractivity contribution in [3.8, 4) is 5.75 Å². The highest BCUT2D eigenvalue weighted by molar-refractivity contribution is 6.33. The fraction of sp³-hybridized carbons (Fsp3) is 0.188. The zero-order valence-corrected chi connectivity index (χ0v) is 12.2. The number of carboxylic acid groups (broad SMARTS) is 1. The largest absolute Gasteiger partial charge is 0.490 e. The molecule has 2 N–H and O–H groups in total. The third kappa shape index (κ3) is 3.74. The third-order valence-corrected chi connectivity index (χ3v) is 3.41. The van der Waals surface area contributed by atoms with Crippen molar-refractivity contribution in [3.63, 3.8) is 0 Å². The highest BCUT2D eigenvalue weighted by atomic mass is 35.5. The number of hydrogen-bond acceptors (Lipinski definition) is 3. The molecule has 0 aliphatic heterocycles. The van der Waals surface area contributed by atoms with Gasteiger partial charge in [-0.2, -0.15) is 0 Å². The molecule has 110 valence electrons. The van der Waals surface area contributed by atoms with Crippen LogP contribution in [-0.4, -0.2) is 22.8 Å². The van der Waals surface area contributed by atoms with Crippen LogP contribution < -0.4 is 4.74 Å². The molecule has 2 aromatic rings. The lowest BCUT2D eigenvalue weighted by molar-refractivity contribution is 0.00758. The Morgan fingerprint density at radius 1 is 1.24 bits per heavy atom. The summed E-state index contributed by atoms with van der Waals surface area (Å²) in [6, 6.07) is 13.5. The van der Waals surface area contributed by atoms with E-state index in [2.05, 4.69) is 0 Å². The summed E-state index contributed by atoms with van der Waals surface area (Å²) >= 11 is 5.79. The molecule has 5 heteroatoms. The van der Waals surface area contributed by atoms with Gasteiger partial charge in [0.1, 0.15) is 18.0 Å². The number of ether oxygens (including phenoxy) is 1. The molecule has 1 unspecified atom stereocenters. The van der Waals surface area contributed by atoms with Gasteiger partial charge in [-0.15, -0.1) is 0 Å². The Balaban J connectivity index is 2.13. The smallest absolute Gasteiger partial charge is 0.337 e. The Labute approximate surface area is 127 Å². The van der Waals surface area contributed by atoms with Crippen molar-refractivity contribution in [1.82, 2.24) is 0 Å². The topological polar surface area (TPSA) is 66.8 Å². The molecule has 0 heterocycles. The van der Waals surface area contributed by atoms with Gasteiger partial charge in [-0.25, -0.2) is 4.79 Å². The van der Waals surface area contributed by atoms with Gasteiger partial charge in [-0.1, -0.05) is 41.9 Å². The van der Waals surface area contributed by atoms with E-state index in [0.717, 1.165) is 5.56 Å². The van der Waals surface area contributed by atoms with E-state index in [-0.39, 0.29) is 17.2 Å². The Hall–Kier alpha value is -2.04. The minimum atomic E-state index is -1.18. The Bertz CT molecular complexity index is 638. The number of rotatable bonds is 5. The minimum absolute atomic E-state index is 0.00228. The summed E-state index contributed by atoms with van der Waals surface area (Å²) in [5.41, 5.74) is -0.490. The van der Waals surface area contributed by atoms with E-state index in [1.807, 2.05) is 18.2 Å². The average molecular weight is 307 g/mol. The number of aromatic carboxylic acids is 1. The molecule has 0 saturated carbocycles. The van der Waals surface area contributed by atoms with Gasteiger partial charge < -0.3 is 14.9 Å². The summed E-state index contributed by atoms with van der Waals surface area (Å²) < 4.78 is 5.50. The molecular weight excluding hydrogens is 292 g/mol. The molecule has 0 bridgehead atoms. The lowest BCUT2D eigenvalue weighted by Gasteiger charge is -2.24. The first-order chi connectivity index (χ1) is 9.90. The van der Waals surface area contributed by atoms with Gasteiger partial charge in [-0.3, -0.25) is 0 Å². The van der Waals surface area contributed by atoms with Crippen molar-refractivity contribution in [2.24, 2.45) is 0 Å². The van der Waals surface area contributed by atoms with Gasteiger partial charge >= 0.3 is 5.97 Å². The molecule has 2 aromatic carbocycles. The van der Waals surface area contributed by atoms with Gasteiger partial charge in [0.15, 0.2) is 0 Å². The standard InChI is InChI=1S/C16H15ClO4/c1-16(20,11-5-3-2-4-6-11)10-21-12-7-8-14(17)13(9-12)15(18)19/h2-9,20H,10H2,1H3,(H,18,19). The van der Waals surface area contributed by atoms with Crippen LogP contribution in [0.2, 0.25) is 5.02 Å². The molecule has 0 aromatic heterocycles. The molecule has 0 spiro atoms. The second kappa shape index (κ2) is 6.16. The Kier molecular flexibility index (Phi) is 4.50. The highest BCUT2D eigenvalue weighted by Gasteiger charge is 2.24. The summed E-state index contributed by atoms with van der Waals surface area (Å²) in [6.07, 6.45) is 0. The van der Waals surface area contributed by atoms with Crippen LogP contribution in [-0.2, 0) is 5.60 Å². The normalized spacial score (nSPS) is 13.5. The predicted molar refractivity (Wildman–Crippen MR) is 79.9 cm³/mol. The first-order valence-corrected chi connectivity index (χ1v) is 6.71. The van der Waals surface area contributed by atoms with E-state index in [1.54, 1.807) is 25.1 Å². The van der Waals surface area contributed by atoms with E-state index in [0.29, 0.717) is 5.75 Å². The second-order valence-corrected chi connectivity index (χ2v) is 5.28. The van der Waals surface area contributed by atoms with Gasteiger partial charge in [-0.05, 0) is 30.7 Å². The molecule has 0 amide bonds. The molecule has 0 radical (unpaired) electrons. The van der Waals surface area contributed by atoms with Crippen LogP contribution in [0.3, 0.4) is 0 Å². The SMILES string of the molecule is CC(O)(COc1ccc(Cl)c(C(=O)O)c1)c1ccccc1. The molecule has 0 aliphatic rings. The highest BCUT2D eigenvalue weighted by Crippen LogP contribution is 2.25. The predicted octanol–water partition coefficient (Wildman–Crippen LogP) is 3.32. The van der Waals surface area contributed by atoms with Gasteiger partial charge in [0, 0.05) is 0 Å². The van der Waals surface area contributed by atoms with Crippen LogP contribution >= 0.6 is 11.6 Å². The van der Waals surface area contributed by atoms with E-state index < -0.39 is 11.6 Å². The van der Waals surface area contributed by atoms with Gasteiger partial charge in [0.2, 0.25) is 0 Å². The molecule has 21 heavy (non-hydrogen) atoms. The van der Waals surface area contributed by atoms with Crippen LogP contribution in [0, 0.1) is 0 Å². The third-order valence-electron chi connectivity index (χ3n) is 3.08. The number of aliphatic hydroxyl groups is 1. The van der Waals surface area contributed by atoms with E-state index >= 15 is 0 Å². The van der Waals surface area contributed by atoms with Gasteiger partial charge in [0.25, 0.3) is 0 Å². The minimum Gasteiger partial charge on any atom is -0.490 e. The molecule has 4 nitrogen and oxygen atoms in total. The van der Waals surface area contributed by atoms with Crippen molar-refractivity contribution in [2.75, 3.05) is 6.61 Å². The molecule has 0 saturated heterocycles. The number of carbonyl (C=O) groups is 1. The lowest BCUT2D eigenvalue weighted by atomic mass is 9.97. The maximum Gasteiger partial charge on any atom is 0.337 e. The second-order valence-electron chi connectivity index (χ2n) is 4.88. The first-order valence-electron chi connectivity index (χ1n) is 6.34. The number of halogens is 1. The summed E-state index contributed by atoms with van der Waals surface area (Å²) in [6.45, 7) is 1.63. The average Bonchev–Trinajstić information content (AvgIpc) is 2.47. The van der Waals surface area contributed by atoms with E-state index in [9.17, 15) is 9.90 Å². The summed E-state index contributed by atoms with van der Waals surface area (Å²) in [5, 5.41) is 19.6. The van der Waals surface area contributed by atoms with Crippen molar-refractivity contribution in [1.29, 1.82) is 0 Å². The van der Waals surface area contributed by atoms with Crippen LogP contribution in [0.4, 0.5) is 0 Å². The van der Waals surface area contributed by atoms with E-state index in [1.165, 1.54) is 12.1 Å². The maximum atomic E-state index is 11.0. The van der Waals surface area contributed by atoms with Crippen molar-refractivity contribution in [2.45, 2.75) is 12.5 Å². The molecule has 0 aliphatic carbocycles. The van der Waals surface area contributed by atoms with Crippen molar-refractivity contribution >= 4 is 17.6 Å². The fourth-order valence-electron chi connectivity index (χ4n) is 1.86. The zero-order valence-electron chi connectivity index (χ0n) is 11.4. The lowest BCUT2D eigenvalue weighted by Crippen LogP contribution is -2.29. The van der Waals surface area contributed by atoms with Crippen LogP contribution in [0.5, 0.6) is 5.75 Å². The van der Waals surface area contributed by atoms with E-state index in [4.69, 9.17) is 21.4 Å². The van der Waals surface area contributed by atoms with Crippen LogP contribution in [0.15, 0.2) is 48.5 Å². The summed E-state index contributed by atoms with van der Waals surface area (Å²) in [4.78, 5) is 11.0. The number of carboxylic acids is 1. The zero-order chi connectivity index (χ0) is 15.5. The summed E-state index contributed by atoms with van der Waals surface area (Å²) in [7, 11) is 0. The Morgan fingerprint density at radius 3 is 2.52 bits per heavy atom. The summed E-state index contributed by atoms with van der Waals surface area (Å²) in [5.74, 6) is -0.784. The molecule has 0 fully saturated rings. The molecular formula is C16H15ClO4. The maximum absolute atomic E-state index is 11.0. The van der Waals surface area contributed by atoms with Crippen molar-refractivity contribution < 1.29 is 19.7 Å². The first kappa shape index (κ1) is 15.4. The number of benzene rings is 2. The molecule has 2 rings (SSSR count). The van der Waals surface area contributed by atoms with Crippen molar-refractivity contribution in [3.05, 3.63) is 64.7 Å². The molecule has 1 atom stereocenters.